The van der Waals surface area contributed by atoms with Crippen LogP contribution in [-0.2, 0) is 14.4 Å². The zero-order valence-electron chi connectivity index (χ0n) is 27.8. The highest BCUT2D eigenvalue weighted by molar-refractivity contribution is 6.35. The van der Waals surface area contributed by atoms with Crippen molar-refractivity contribution in [3.8, 4) is 0 Å². The fourth-order valence-corrected chi connectivity index (χ4v) is 6.32. The third-order valence-electron chi connectivity index (χ3n) is 8.95. The van der Waals surface area contributed by atoms with Crippen LogP contribution in [0.25, 0.3) is 0 Å². The van der Waals surface area contributed by atoms with Crippen molar-refractivity contribution in [1.29, 1.82) is 0 Å². The maximum Gasteiger partial charge on any atom is 0.242 e. The molecule has 1 atom stereocenters. The molecule has 0 heterocycles. The fourth-order valence-electron chi connectivity index (χ4n) is 6.32. The molecule has 243 valence electrons. The van der Waals surface area contributed by atoms with Crippen molar-refractivity contribution in [3.05, 3.63) is 0 Å². The topological polar surface area (TPSA) is 87.3 Å². The number of hydrogen-bond donors (Lipinski definition) is 3. The van der Waals surface area contributed by atoms with Crippen LogP contribution < -0.4 is 15.9 Å². The van der Waals surface area contributed by atoms with Gasteiger partial charge in [0.1, 0.15) is 6.04 Å². The summed E-state index contributed by atoms with van der Waals surface area (Å²) in [5.41, 5.74) is 0. The van der Waals surface area contributed by atoms with Gasteiger partial charge in [-0.1, -0.05) is 155 Å². The molecule has 0 aromatic rings. The number of nitrogens with one attached hydrogen (secondary N) is 3. The number of amides is 3. The van der Waals surface area contributed by atoms with Gasteiger partial charge in [-0.2, -0.15) is 0 Å². The van der Waals surface area contributed by atoms with Crippen LogP contribution in [0.2, 0.25) is 6.82 Å². The van der Waals surface area contributed by atoms with Crippen molar-refractivity contribution in [2.45, 2.75) is 193 Å². The van der Waals surface area contributed by atoms with Crippen molar-refractivity contribution in [2.24, 2.45) is 5.92 Å². The van der Waals surface area contributed by atoms with Gasteiger partial charge in [-0.25, -0.2) is 0 Å². The molecule has 1 rings (SSSR count). The second kappa shape index (κ2) is 28.3. The summed E-state index contributed by atoms with van der Waals surface area (Å²) in [4.78, 5) is 36.6. The molecule has 6 nitrogen and oxygen atoms in total. The van der Waals surface area contributed by atoms with Crippen LogP contribution in [-0.4, -0.2) is 37.7 Å². The van der Waals surface area contributed by atoms with Crippen molar-refractivity contribution < 1.29 is 14.4 Å². The summed E-state index contributed by atoms with van der Waals surface area (Å²) in [6, 6.07) is -0.673. The second-order valence-corrected chi connectivity index (χ2v) is 13.0. The van der Waals surface area contributed by atoms with E-state index in [1.807, 2.05) is 0 Å². The summed E-state index contributed by atoms with van der Waals surface area (Å²) in [6.45, 7) is 3.83. The van der Waals surface area contributed by atoms with Gasteiger partial charge in [-0.15, -0.1) is 0 Å². The largest absolute Gasteiger partial charge is 0.404 e. The minimum absolute atomic E-state index is 0.140. The lowest BCUT2D eigenvalue weighted by Gasteiger charge is -2.21. The maximum atomic E-state index is 13.0. The minimum Gasteiger partial charge on any atom is -0.404 e. The van der Waals surface area contributed by atoms with Crippen LogP contribution in [0.4, 0.5) is 0 Å². The Labute approximate surface area is 260 Å². The Morgan fingerprint density at radius 1 is 0.619 bits per heavy atom. The molecule has 0 saturated heterocycles. The van der Waals surface area contributed by atoms with Crippen LogP contribution in [0, 0.1) is 5.92 Å². The Morgan fingerprint density at radius 2 is 0.976 bits per heavy atom. The molecule has 7 heteroatoms. The highest BCUT2D eigenvalue weighted by Gasteiger charge is 2.21. The van der Waals surface area contributed by atoms with Gasteiger partial charge >= 0.3 is 0 Å². The molecular weight excluding hydrogens is 521 g/mol. The average Bonchev–Trinajstić information content (AvgIpc) is 2.96. The summed E-state index contributed by atoms with van der Waals surface area (Å²) in [7, 11) is 1.59. The molecule has 1 radical (unpaired) electrons. The monoisotopic (exact) mass is 589 g/mol. The van der Waals surface area contributed by atoms with E-state index in [4.69, 9.17) is 0 Å². The molecule has 1 fully saturated rings. The highest BCUT2D eigenvalue weighted by Crippen LogP contribution is 2.20. The van der Waals surface area contributed by atoms with E-state index in [9.17, 15) is 14.4 Å². The van der Waals surface area contributed by atoms with Crippen molar-refractivity contribution >= 4 is 25.1 Å². The Hall–Kier alpha value is -1.53. The van der Waals surface area contributed by atoms with Gasteiger partial charge in [-0.3, -0.25) is 14.4 Å². The first-order chi connectivity index (χ1) is 20.5. The summed E-state index contributed by atoms with van der Waals surface area (Å²) >= 11 is 0. The van der Waals surface area contributed by atoms with E-state index in [1.165, 1.54) is 155 Å². The lowest BCUT2D eigenvalue weighted by atomic mass is 9.93. The van der Waals surface area contributed by atoms with Crippen LogP contribution in [0.1, 0.15) is 180 Å². The van der Waals surface area contributed by atoms with Crippen LogP contribution in [0.5, 0.6) is 0 Å². The van der Waals surface area contributed by atoms with Gasteiger partial charge in [-0.05, 0) is 25.2 Å². The molecule has 42 heavy (non-hydrogen) atoms. The molecule has 0 aliphatic heterocycles. The molecule has 0 spiro atoms. The van der Waals surface area contributed by atoms with Gasteiger partial charge in [0.15, 0.2) is 0 Å². The van der Waals surface area contributed by atoms with E-state index in [-0.39, 0.29) is 24.1 Å². The fraction of sp³-hybridized carbons (Fsp3) is 0.914. The Kier molecular flexibility index (Phi) is 25.9. The van der Waals surface area contributed by atoms with Gasteiger partial charge in [0, 0.05) is 19.9 Å². The molecular formula is C35H67BN3O3. The Bertz CT molecular complexity index is 650. The molecule has 0 unspecified atom stereocenters. The standard InChI is InChI=1S/C35H67BN3O3/c1-31(40)38-33(28-29-34(41)39-36-2)35(42)37-30-32-26-24-22-20-18-16-14-12-10-8-6-4-3-5-7-9-11-13-15-17-19-21-23-25-27-32/h32-33H,3-30H2,1-2H3,(H,37,42)(H,38,40)(H,39,41)/t33-/m0/s1. The molecule has 1 aliphatic rings. The van der Waals surface area contributed by atoms with Crippen LogP contribution in [0.15, 0.2) is 0 Å². The molecule has 0 aromatic heterocycles. The van der Waals surface area contributed by atoms with E-state index in [2.05, 4.69) is 15.9 Å². The number of rotatable bonds is 8. The number of carbonyl (C=O) groups is 3. The first-order valence-corrected chi connectivity index (χ1v) is 18.1. The molecule has 0 bridgehead atoms. The quantitative estimate of drug-likeness (QED) is 0.248. The summed E-state index contributed by atoms with van der Waals surface area (Å²) in [5.74, 6) is -0.0835. The van der Waals surface area contributed by atoms with Gasteiger partial charge in [0.25, 0.3) is 0 Å². The third kappa shape index (κ3) is 24.0. The summed E-state index contributed by atoms with van der Waals surface area (Å²) < 4.78 is 0. The molecule has 0 aromatic carbocycles. The SMILES string of the molecule is C[B]NC(=O)CC[C@H](NC(C)=O)C(=O)NCC1CCCCCCCCCCCCCCCCCCCCCCCCC1. The van der Waals surface area contributed by atoms with E-state index >= 15 is 0 Å². The molecule has 1 saturated carbocycles. The normalized spacial score (nSPS) is 20.0. The number of hydrogen-bond acceptors (Lipinski definition) is 3. The summed E-state index contributed by atoms with van der Waals surface area (Å²) in [5, 5.41) is 8.52. The van der Waals surface area contributed by atoms with E-state index < -0.39 is 6.04 Å². The zero-order chi connectivity index (χ0) is 30.5. The second-order valence-electron chi connectivity index (χ2n) is 13.0. The minimum atomic E-state index is -0.673. The number of carbonyl (C=O) groups excluding carboxylic acids is 3. The molecule has 1 aliphatic carbocycles. The smallest absolute Gasteiger partial charge is 0.242 e. The summed E-state index contributed by atoms with van der Waals surface area (Å²) in [6.07, 6.45) is 34.4. The first kappa shape index (κ1) is 38.5. The van der Waals surface area contributed by atoms with E-state index in [0.29, 0.717) is 18.9 Å². The lowest BCUT2D eigenvalue weighted by Crippen LogP contribution is -2.47. The zero-order valence-corrected chi connectivity index (χ0v) is 27.8. The van der Waals surface area contributed by atoms with E-state index in [0.717, 1.165) is 12.8 Å². The highest BCUT2D eigenvalue weighted by atomic mass is 16.2. The Balaban J connectivity index is 2.50. The predicted molar refractivity (Wildman–Crippen MR) is 179 cm³/mol. The van der Waals surface area contributed by atoms with Gasteiger partial charge < -0.3 is 15.9 Å². The molecule has 3 amide bonds. The van der Waals surface area contributed by atoms with Gasteiger partial charge in [0.05, 0.1) is 0 Å². The average molecular weight is 589 g/mol. The van der Waals surface area contributed by atoms with E-state index in [1.54, 1.807) is 14.2 Å². The van der Waals surface area contributed by atoms with Crippen LogP contribution in [0.3, 0.4) is 0 Å². The maximum absolute atomic E-state index is 13.0. The first-order valence-electron chi connectivity index (χ1n) is 18.1. The van der Waals surface area contributed by atoms with Crippen molar-refractivity contribution in [1.82, 2.24) is 15.9 Å². The van der Waals surface area contributed by atoms with Gasteiger partial charge in [0.2, 0.25) is 25.1 Å². The lowest BCUT2D eigenvalue weighted by molar-refractivity contribution is -0.129. The Morgan fingerprint density at radius 3 is 1.31 bits per heavy atom. The van der Waals surface area contributed by atoms with Crippen molar-refractivity contribution in [2.75, 3.05) is 6.54 Å². The van der Waals surface area contributed by atoms with Crippen molar-refractivity contribution in [3.63, 3.8) is 0 Å². The van der Waals surface area contributed by atoms with Crippen LogP contribution >= 0.6 is 0 Å². The molecule has 3 N–H and O–H groups in total. The predicted octanol–water partition coefficient (Wildman–Crippen LogP) is 8.55. The third-order valence-corrected chi connectivity index (χ3v) is 8.95.